The van der Waals surface area contributed by atoms with Crippen molar-refractivity contribution in [1.82, 2.24) is 5.32 Å². The molecule has 0 saturated carbocycles. The Balaban J connectivity index is 2.24. The van der Waals surface area contributed by atoms with Gasteiger partial charge in [0, 0.05) is 18.2 Å². The summed E-state index contributed by atoms with van der Waals surface area (Å²) in [5.74, 6) is -1.08. The van der Waals surface area contributed by atoms with Crippen LogP contribution in [0.15, 0.2) is 12.1 Å². The van der Waals surface area contributed by atoms with E-state index >= 15 is 0 Å². The maximum absolute atomic E-state index is 10.8. The monoisotopic (exact) mass is 237 g/mol. The zero-order chi connectivity index (χ0) is 12.6. The minimum absolute atomic E-state index is 0.0869. The first-order chi connectivity index (χ1) is 7.99. The molecule has 2 atom stereocenters. The van der Waals surface area contributed by atoms with Crippen molar-refractivity contribution in [2.24, 2.45) is 5.92 Å². The van der Waals surface area contributed by atoms with Crippen molar-refractivity contribution >= 4 is 5.97 Å². The molecule has 1 fully saturated rings. The number of aliphatic carboxylic acids is 1. The molecule has 0 bridgehead atoms. The first-order valence-electron chi connectivity index (χ1n) is 5.47. The van der Waals surface area contributed by atoms with Crippen LogP contribution >= 0.6 is 0 Å². The summed E-state index contributed by atoms with van der Waals surface area (Å²) in [6.45, 7) is 2.08. The second-order valence-electron chi connectivity index (χ2n) is 4.43. The molecule has 2 rings (SSSR count). The van der Waals surface area contributed by atoms with Crippen molar-refractivity contribution in [3.8, 4) is 11.5 Å². The van der Waals surface area contributed by atoms with Gasteiger partial charge in [-0.25, -0.2) is 0 Å². The maximum Gasteiger partial charge on any atom is 0.307 e. The number of phenolic OH excluding ortho intramolecular Hbond substituents is 2. The number of aryl methyl sites for hydroxylation is 1. The summed E-state index contributed by atoms with van der Waals surface area (Å²) in [7, 11) is 0. The smallest absolute Gasteiger partial charge is 0.307 e. The van der Waals surface area contributed by atoms with E-state index in [4.69, 9.17) is 5.11 Å². The van der Waals surface area contributed by atoms with Crippen LogP contribution in [-0.2, 0) is 4.79 Å². The molecule has 1 aromatic rings. The fourth-order valence-corrected chi connectivity index (χ4v) is 2.14. The summed E-state index contributed by atoms with van der Waals surface area (Å²) >= 11 is 0. The highest BCUT2D eigenvalue weighted by Crippen LogP contribution is 2.36. The number of hydrogen-bond acceptors (Lipinski definition) is 4. The van der Waals surface area contributed by atoms with Gasteiger partial charge in [-0.15, -0.1) is 0 Å². The largest absolute Gasteiger partial charge is 0.508 e. The predicted octanol–water partition coefficient (Wildman–Crippen LogP) is 1.14. The summed E-state index contributed by atoms with van der Waals surface area (Å²) in [6.07, 6.45) is 0.422. The van der Waals surface area contributed by atoms with E-state index in [0.29, 0.717) is 24.1 Å². The number of carboxylic acid groups (broad SMARTS) is 1. The third-order valence-electron chi connectivity index (χ3n) is 3.20. The Morgan fingerprint density at radius 2 is 2.06 bits per heavy atom. The van der Waals surface area contributed by atoms with Crippen molar-refractivity contribution in [2.75, 3.05) is 6.54 Å². The Morgan fingerprint density at radius 3 is 2.65 bits per heavy atom. The Labute approximate surface area is 98.7 Å². The summed E-state index contributed by atoms with van der Waals surface area (Å²) in [5.41, 5.74) is 1.15. The molecule has 1 saturated heterocycles. The quantitative estimate of drug-likeness (QED) is 0.579. The number of carbonyl (C=O) groups is 1. The number of phenols is 2. The fraction of sp³-hybridized carbons (Fsp3) is 0.417. The van der Waals surface area contributed by atoms with Crippen LogP contribution in [0.25, 0.3) is 0 Å². The van der Waals surface area contributed by atoms with Crippen LogP contribution in [0.5, 0.6) is 11.5 Å². The minimum Gasteiger partial charge on any atom is -0.508 e. The van der Waals surface area contributed by atoms with Crippen LogP contribution in [0.4, 0.5) is 0 Å². The summed E-state index contributed by atoms with van der Waals surface area (Å²) < 4.78 is 0. The molecule has 1 aromatic carbocycles. The SMILES string of the molecule is Cc1cc(O)c(C2CC(C(=O)O)CN2)cc1O. The first-order valence-corrected chi connectivity index (χ1v) is 5.47. The molecule has 0 aliphatic carbocycles. The van der Waals surface area contributed by atoms with Crippen molar-refractivity contribution in [3.05, 3.63) is 23.3 Å². The van der Waals surface area contributed by atoms with E-state index in [1.165, 1.54) is 12.1 Å². The number of benzene rings is 1. The van der Waals surface area contributed by atoms with Crippen LogP contribution in [0.2, 0.25) is 0 Å². The third kappa shape index (κ3) is 2.19. The maximum atomic E-state index is 10.8. The number of carboxylic acids is 1. The van der Waals surface area contributed by atoms with Crippen molar-refractivity contribution in [2.45, 2.75) is 19.4 Å². The lowest BCUT2D eigenvalue weighted by Gasteiger charge is -2.14. The lowest BCUT2D eigenvalue weighted by Crippen LogP contribution is -2.17. The molecule has 2 unspecified atom stereocenters. The standard InChI is InChI=1S/C12H15NO4/c1-6-2-11(15)8(4-10(6)14)9-3-7(5-13-9)12(16)17/h2,4,7,9,13-15H,3,5H2,1H3,(H,16,17). The van der Waals surface area contributed by atoms with Gasteiger partial charge in [0.05, 0.1) is 5.92 Å². The zero-order valence-electron chi connectivity index (χ0n) is 9.47. The van der Waals surface area contributed by atoms with Gasteiger partial charge in [0.2, 0.25) is 0 Å². The Hall–Kier alpha value is -1.75. The van der Waals surface area contributed by atoms with Crippen molar-refractivity contribution in [3.63, 3.8) is 0 Å². The Morgan fingerprint density at radius 1 is 1.35 bits per heavy atom. The van der Waals surface area contributed by atoms with E-state index in [1.807, 2.05) is 0 Å². The van der Waals surface area contributed by atoms with Crippen LogP contribution in [-0.4, -0.2) is 27.8 Å². The molecule has 0 radical (unpaired) electrons. The van der Waals surface area contributed by atoms with E-state index < -0.39 is 11.9 Å². The number of aromatic hydroxyl groups is 2. The minimum atomic E-state index is -0.837. The van der Waals surface area contributed by atoms with Gasteiger partial charge < -0.3 is 20.6 Å². The van der Waals surface area contributed by atoms with Crippen LogP contribution < -0.4 is 5.32 Å². The highest BCUT2D eigenvalue weighted by Gasteiger charge is 2.31. The molecule has 0 aromatic heterocycles. The van der Waals surface area contributed by atoms with E-state index in [-0.39, 0.29) is 17.5 Å². The molecule has 92 valence electrons. The Bertz CT molecular complexity index is 458. The normalized spacial score (nSPS) is 23.8. The van der Waals surface area contributed by atoms with E-state index in [0.717, 1.165) is 0 Å². The molecule has 4 N–H and O–H groups in total. The first kappa shape index (κ1) is 11.7. The second-order valence-corrected chi connectivity index (χ2v) is 4.43. The molecule has 1 heterocycles. The summed E-state index contributed by atoms with van der Waals surface area (Å²) in [4.78, 5) is 10.8. The molecule has 5 heteroatoms. The van der Waals surface area contributed by atoms with Gasteiger partial charge in [-0.2, -0.15) is 0 Å². The summed E-state index contributed by atoms with van der Waals surface area (Å²) in [5, 5.41) is 31.3. The lowest BCUT2D eigenvalue weighted by atomic mass is 9.98. The van der Waals surface area contributed by atoms with E-state index in [9.17, 15) is 15.0 Å². The second kappa shape index (κ2) is 4.25. The Kier molecular flexibility index (Phi) is 2.93. The van der Waals surface area contributed by atoms with Gasteiger partial charge in [-0.3, -0.25) is 4.79 Å². The molecule has 0 spiro atoms. The highest BCUT2D eigenvalue weighted by atomic mass is 16.4. The van der Waals surface area contributed by atoms with Gasteiger partial charge >= 0.3 is 5.97 Å². The summed E-state index contributed by atoms with van der Waals surface area (Å²) in [6, 6.07) is 2.76. The van der Waals surface area contributed by atoms with Gasteiger partial charge in [0.15, 0.2) is 0 Å². The van der Waals surface area contributed by atoms with E-state index in [2.05, 4.69) is 5.32 Å². The topological polar surface area (TPSA) is 89.8 Å². The highest BCUT2D eigenvalue weighted by molar-refractivity contribution is 5.71. The van der Waals surface area contributed by atoms with Gasteiger partial charge in [0.25, 0.3) is 0 Å². The van der Waals surface area contributed by atoms with Gasteiger partial charge in [-0.1, -0.05) is 0 Å². The number of hydrogen-bond donors (Lipinski definition) is 4. The zero-order valence-corrected chi connectivity index (χ0v) is 9.47. The number of rotatable bonds is 2. The van der Waals surface area contributed by atoms with Crippen LogP contribution in [0, 0.1) is 12.8 Å². The van der Waals surface area contributed by atoms with Gasteiger partial charge in [0.1, 0.15) is 11.5 Å². The molecule has 17 heavy (non-hydrogen) atoms. The van der Waals surface area contributed by atoms with E-state index in [1.54, 1.807) is 6.92 Å². The molecular formula is C12H15NO4. The average molecular weight is 237 g/mol. The van der Waals surface area contributed by atoms with Crippen molar-refractivity contribution < 1.29 is 20.1 Å². The van der Waals surface area contributed by atoms with Crippen LogP contribution in [0.1, 0.15) is 23.6 Å². The average Bonchev–Trinajstić information content (AvgIpc) is 2.72. The van der Waals surface area contributed by atoms with Crippen molar-refractivity contribution in [1.29, 1.82) is 0 Å². The molecule has 5 nitrogen and oxygen atoms in total. The van der Waals surface area contributed by atoms with Gasteiger partial charge in [-0.05, 0) is 31.0 Å². The third-order valence-corrected chi connectivity index (χ3v) is 3.20. The van der Waals surface area contributed by atoms with Crippen LogP contribution in [0.3, 0.4) is 0 Å². The predicted molar refractivity (Wildman–Crippen MR) is 61.0 cm³/mol. The molecule has 1 aliphatic heterocycles. The molecule has 1 aliphatic rings. The number of nitrogens with one attached hydrogen (secondary N) is 1. The lowest BCUT2D eigenvalue weighted by molar-refractivity contribution is -0.141. The molecular weight excluding hydrogens is 222 g/mol. The molecule has 0 amide bonds. The fourth-order valence-electron chi connectivity index (χ4n) is 2.14.